The van der Waals surface area contributed by atoms with Crippen LogP contribution in [-0.2, 0) is 4.79 Å². The Hall–Kier alpha value is -2.40. The molecule has 0 aliphatic carbocycles. The molecule has 5 heteroatoms. The van der Waals surface area contributed by atoms with E-state index in [9.17, 15) is 4.79 Å². The first-order valence-electron chi connectivity index (χ1n) is 8.75. The summed E-state index contributed by atoms with van der Waals surface area (Å²) in [6, 6.07) is 12.2. The van der Waals surface area contributed by atoms with Crippen LogP contribution in [0.3, 0.4) is 0 Å². The molecule has 26 heavy (non-hydrogen) atoms. The molecule has 0 saturated carbocycles. The second-order valence-corrected chi connectivity index (χ2v) is 7.55. The van der Waals surface area contributed by atoms with Gasteiger partial charge in [0, 0.05) is 23.2 Å². The number of nitrogens with one attached hydrogen (secondary N) is 1. The molecule has 0 bridgehead atoms. The van der Waals surface area contributed by atoms with Crippen LogP contribution in [0.25, 0.3) is 10.9 Å². The Labute approximate surface area is 158 Å². The number of carbonyl (C=O) groups excluding carboxylic acids is 1. The Kier molecular flexibility index (Phi) is 5.89. The molecule has 3 rings (SSSR count). The predicted octanol–water partition coefficient (Wildman–Crippen LogP) is 5.07. The number of benzene rings is 2. The van der Waals surface area contributed by atoms with Gasteiger partial charge < -0.3 is 5.32 Å². The van der Waals surface area contributed by atoms with Crippen LogP contribution in [0.4, 0.5) is 5.69 Å². The molecule has 0 saturated heterocycles. The molecule has 0 radical (unpaired) electrons. The van der Waals surface area contributed by atoms with Crippen LogP contribution in [-0.4, -0.2) is 21.6 Å². The summed E-state index contributed by atoms with van der Waals surface area (Å²) in [5.41, 5.74) is 5.32. The lowest BCUT2D eigenvalue weighted by Gasteiger charge is -2.12. The first-order chi connectivity index (χ1) is 12.5. The van der Waals surface area contributed by atoms with Gasteiger partial charge in [-0.1, -0.05) is 35.9 Å². The Morgan fingerprint density at radius 2 is 1.81 bits per heavy atom. The molecule has 1 aromatic heterocycles. The Balaban J connectivity index is 1.53. The molecule has 1 heterocycles. The normalized spacial score (nSPS) is 10.9. The van der Waals surface area contributed by atoms with Crippen molar-refractivity contribution in [2.24, 2.45) is 0 Å². The molecule has 2 aromatic carbocycles. The van der Waals surface area contributed by atoms with Crippen molar-refractivity contribution in [3.05, 3.63) is 59.4 Å². The topological polar surface area (TPSA) is 54.9 Å². The summed E-state index contributed by atoms with van der Waals surface area (Å²) in [5.74, 6) is 0.911. The molecule has 1 N–H and O–H groups in total. The van der Waals surface area contributed by atoms with Gasteiger partial charge >= 0.3 is 0 Å². The molecule has 0 aliphatic rings. The zero-order chi connectivity index (χ0) is 18.5. The van der Waals surface area contributed by atoms with E-state index < -0.39 is 0 Å². The van der Waals surface area contributed by atoms with E-state index in [-0.39, 0.29) is 5.91 Å². The van der Waals surface area contributed by atoms with Crippen molar-refractivity contribution in [3.63, 3.8) is 0 Å². The van der Waals surface area contributed by atoms with E-state index in [0.717, 1.165) is 44.9 Å². The van der Waals surface area contributed by atoms with Gasteiger partial charge in [0.2, 0.25) is 5.91 Å². The molecule has 1 amide bonds. The predicted molar refractivity (Wildman–Crippen MR) is 109 cm³/mol. The lowest BCUT2D eigenvalue weighted by atomic mass is 10.0. The zero-order valence-corrected chi connectivity index (χ0v) is 16.2. The zero-order valence-electron chi connectivity index (χ0n) is 15.4. The van der Waals surface area contributed by atoms with Crippen molar-refractivity contribution in [2.45, 2.75) is 38.6 Å². The third kappa shape index (κ3) is 4.41. The summed E-state index contributed by atoms with van der Waals surface area (Å²) in [5, 5.41) is 5.10. The number of hydrogen-bond donors (Lipinski definition) is 1. The third-order valence-electron chi connectivity index (χ3n) is 4.23. The average Bonchev–Trinajstić information content (AvgIpc) is 2.62. The van der Waals surface area contributed by atoms with Gasteiger partial charge in [-0.25, -0.2) is 9.97 Å². The lowest BCUT2D eigenvalue weighted by molar-refractivity contribution is -0.116. The molecule has 0 aliphatic heterocycles. The largest absolute Gasteiger partial charge is 0.326 e. The van der Waals surface area contributed by atoms with Crippen LogP contribution in [0.5, 0.6) is 0 Å². The van der Waals surface area contributed by atoms with Gasteiger partial charge in [-0.2, -0.15) is 0 Å². The first kappa shape index (κ1) is 18.4. The number of rotatable bonds is 6. The van der Waals surface area contributed by atoms with Crippen molar-refractivity contribution in [1.82, 2.24) is 9.97 Å². The molecule has 0 spiro atoms. The number of anilines is 1. The molecular formula is C21H23N3OS. The third-order valence-corrected chi connectivity index (χ3v) is 5.33. The minimum atomic E-state index is 0.0631. The summed E-state index contributed by atoms with van der Waals surface area (Å²) in [4.78, 5) is 20.9. The maximum Gasteiger partial charge on any atom is 0.224 e. The maximum atomic E-state index is 12.3. The fourth-order valence-corrected chi connectivity index (χ4v) is 4.01. The number of amides is 1. The van der Waals surface area contributed by atoms with E-state index in [1.165, 1.54) is 5.56 Å². The van der Waals surface area contributed by atoms with Crippen molar-refractivity contribution in [3.8, 4) is 0 Å². The number of aromatic nitrogens is 2. The van der Waals surface area contributed by atoms with Gasteiger partial charge in [0.1, 0.15) is 11.4 Å². The fourth-order valence-electron chi connectivity index (χ4n) is 3.08. The molecule has 4 nitrogen and oxygen atoms in total. The van der Waals surface area contributed by atoms with Crippen LogP contribution >= 0.6 is 11.8 Å². The van der Waals surface area contributed by atoms with E-state index in [4.69, 9.17) is 0 Å². The van der Waals surface area contributed by atoms with Crippen molar-refractivity contribution in [1.29, 1.82) is 0 Å². The van der Waals surface area contributed by atoms with E-state index in [1.807, 2.05) is 38.1 Å². The van der Waals surface area contributed by atoms with E-state index in [0.29, 0.717) is 6.42 Å². The standard InChI is InChI=1S/C21H23N3OS/c1-14-11-15(2)20(16(3)12-14)24-19(25)9-6-10-26-21-17-7-4-5-8-18(17)22-13-23-21/h4-5,7-8,11-13H,6,9-10H2,1-3H3,(H,24,25). The van der Waals surface area contributed by atoms with E-state index >= 15 is 0 Å². The van der Waals surface area contributed by atoms with E-state index in [1.54, 1.807) is 18.1 Å². The number of para-hydroxylation sites is 1. The number of carbonyl (C=O) groups is 1. The van der Waals surface area contributed by atoms with Gasteiger partial charge in [0.15, 0.2) is 0 Å². The van der Waals surface area contributed by atoms with Gasteiger partial charge in [-0.15, -0.1) is 11.8 Å². The number of thioether (sulfide) groups is 1. The van der Waals surface area contributed by atoms with Crippen LogP contribution in [0.1, 0.15) is 29.5 Å². The molecule has 0 unspecified atom stereocenters. The second kappa shape index (κ2) is 8.32. The molecule has 0 atom stereocenters. The Bertz CT molecular complexity index is 911. The molecule has 3 aromatic rings. The Morgan fingerprint density at radius 1 is 1.08 bits per heavy atom. The summed E-state index contributed by atoms with van der Waals surface area (Å²) >= 11 is 1.68. The first-order valence-corrected chi connectivity index (χ1v) is 9.73. The smallest absolute Gasteiger partial charge is 0.224 e. The minimum absolute atomic E-state index is 0.0631. The van der Waals surface area contributed by atoms with Crippen molar-refractivity contribution in [2.75, 3.05) is 11.1 Å². The second-order valence-electron chi connectivity index (χ2n) is 6.47. The van der Waals surface area contributed by atoms with Crippen LogP contribution in [0, 0.1) is 20.8 Å². The molecule has 0 fully saturated rings. The van der Waals surface area contributed by atoms with Gasteiger partial charge in [-0.05, 0) is 44.4 Å². The van der Waals surface area contributed by atoms with Crippen LogP contribution in [0.2, 0.25) is 0 Å². The molecule has 134 valence electrons. The lowest BCUT2D eigenvalue weighted by Crippen LogP contribution is -2.13. The highest BCUT2D eigenvalue weighted by Crippen LogP contribution is 2.25. The van der Waals surface area contributed by atoms with Crippen LogP contribution < -0.4 is 5.32 Å². The Morgan fingerprint density at radius 3 is 2.58 bits per heavy atom. The number of fused-ring (bicyclic) bond motifs is 1. The highest BCUT2D eigenvalue weighted by atomic mass is 32.2. The van der Waals surface area contributed by atoms with Crippen molar-refractivity contribution >= 4 is 34.3 Å². The summed E-state index contributed by atoms with van der Waals surface area (Å²) in [6.45, 7) is 6.14. The van der Waals surface area contributed by atoms with Crippen LogP contribution in [0.15, 0.2) is 47.8 Å². The summed E-state index contributed by atoms with van der Waals surface area (Å²) in [6.07, 6.45) is 2.90. The summed E-state index contributed by atoms with van der Waals surface area (Å²) < 4.78 is 0. The summed E-state index contributed by atoms with van der Waals surface area (Å²) in [7, 11) is 0. The van der Waals surface area contributed by atoms with E-state index in [2.05, 4.69) is 34.3 Å². The maximum absolute atomic E-state index is 12.3. The van der Waals surface area contributed by atoms with Gasteiger partial charge in [0.05, 0.1) is 5.52 Å². The highest BCUT2D eigenvalue weighted by Gasteiger charge is 2.09. The van der Waals surface area contributed by atoms with Gasteiger partial charge in [-0.3, -0.25) is 4.79 Å². The fraction of sp³-hybridized carbons (Fsp3) is 0.286. The quantitative estimate of drug-likeness (QED) is 0.377. The minimum Gasteiger partial charge on any atom is -0.326 e. The van der Waals surface area contributed by atoms with Crippen molar-refractivity contribution < 1.29 is 4.79 Å². The number of hydrogen-bond acceptors (Lipinski definition) is 4. The number of nitrogens with zero attached hydrogens (tertiary/aromatic N) is 2. The highest BCUT2D eigenvalue weighted by molar-refractivity contribution is 7.99. The average molecular weight is 366 g/mol. The van der Waals surface area contributed by atoms with Gasteiger partial charge in [0.25, 0.3) is 0 Å². The SMILES string of the molecule is Cc1cc(C)c(NC(=O)CCCSc2ncnc3ccccc23)c(C)c1. The number of aryl methyl sites for hydroxylation is 3. The molecular weight excluding hydrogens is 342 g/mol. The monoisotopic (exact) mass is 365 g/mol.